The maximum Gasteiger partial charge on any atom is 0.156 e. The fraction of sp³-hybridized carbons (Fsp3) is 0.400. The van der Waals surface area contributed by atoms with Gasteiger partial charge in [0.2, 0.25) is 0 Å². The highest BCUT2D eigenvalue weighted by atomic mass is 35.5. The highest BCUT2D eigenvalue weighted by Crippen LogP contribution is 2.26. The van der Waals surface area contributed by atoms with Crippen molar-refractivity contribution in [1.29, 1.82) is 0 Å². The van der Waals surface area contributed by atoms with Crippen LogP contribution in [0.1, 0.15) is 4.88 Å². The third-order valence-corrected chi connectivity index (χ3v) is 2.36. The van der Waals surface area contributed by atoms with E-state index in [0.29, 0.717) is 17.4 Å². The zero-order valence-electron chi connectivity index (χ0n) is 5.43. The zero-order chi connectivity index (χ0) is 7.56. The molecule has 0 saturated carbocycles. The Morgan fingerprint density at radius 3 is 2.90 bits per heavy atom. The lowest BCUT2D eigenvalue weighted by molar-refractivity contribution is 0.187. The van der Waals surface area contributed by atoms with Crippen molar-refractivity contribution in [3.8, 4) is 0 Å². The predicted octanol–water partition coefficient (Wildman–Crippen LogP) is 1.53. The molecule has 0 amide bonds. The van der Waals surface area contributed by atoms with Crippen molar-refractivity contribution in [2.24, 2.45) is 0 Å². The van der Waals surface area contributed by atoms with Gasteiger partial charge in [-0.3, -0.25) is 0 Å². The normalized spacial score (nSPS) is 10.2. The van der Waals surface area contributed by atoms with Crippen LogP contribution in [-0.4, -0.2) is 11.5 Å². The number of rotatable bonds is 2. The van der Waals surface area contributed by atoms with Crippen LogP contribution in [0.2, 0.25) is 5.02 Å². The van der Waals surface area contributed by atoms with Gasteiger partial charge in [-0.05, 0) is 11.5 Å². The Bertz CT molecular complexity index is 225. The molecule has 0 unspecified atom stereocenters. The van der Waals surface area contributed by atoms with E-state index in [4.69, 9.17) is 22.1 Å². The molecule has 1 heterocycles. The number of anilines is 1. The van der Waals surface area contributed by atoms with E-state index in [2.05, 4.69) is 4.37 Å². The van der Waals surface area contributed by atoms with Crippen molar-refractivity contribution in [3.63, 3.8) is 0 Å². The molecular weight excluding hydrogens is 172 g/mol. The minimum absolute atomic E-state index is 0.388. The molecule has 5 heteroatoms. The van der Waals surface area contributed by atoms with Gasteiger partial charge in [-0.2, -0.15) is 4.37 Å². The number of nitrogens with zero attached hydrogens (tertiary/aromatic N) is 1. The van der Waals surface area contributed by atoms with Crippen LogP contribution in [0.15, 0.2) is 0 Å². The van der Waals surface area contributed by atoms with Gasteiger partial charge in [0.1, 0.15) is 5.02 Å². The fourth-order valence-electron chi connectivity index (χ4n) is 0.548. The Kier molecular flexibility index (Phi) is 2.48. The molecule has 0 aromatic carbocycles. The van der Waals surface area contributed by atoms with E-state index in [-0.39, 0.29) is 0 Å². The number of hydrogen-bond acceptors (Lipinski definition) is 4. The van der Waals surface area contributed by atoms with Crippen molar-refractivity contribution in [1.82, 2.24) is 4.37 Å². The lowest BCUT2D eigenvalue weighted by Gasteiger charge is -1.92. The Morgan fingerprint density at radius 2 is 2.50 bits per heavy atom. The van der Waals surface area contributed by atoms with Gasteiger partial charge in [-0.25, -0.2) is 0 Å². The summed E-state index contributed by atoms with van der Waals surface area (Å²) in [6.07, 6.45) is 0. The van der Waals surface area contributed by atoms with Gasteiger partial charge in [0, 0.05) is 7.11 Å². The van der Waals surface area contributed by atoms with Crippen LogP contribution < -0.4 is 5.73 Å². The molecule has 0 spiro atoms. The van der Waals surface area contributed by atoms with Crippen LogP contribution in [0.25, 0.3) is 0 Å². The molecule has 56 valence electrons. The van der Waals surface area contributed by atoms with Crippen LogP contribution >= 0.6 is 23.1 Å². The number of aromatic nitrogens is 1. The Balaban J connectivity index is 2.83. The van der Waals surface area contributed by atoms with Crippen LogP contribution in [0.4, 0.5) is 5.82 Å². The number of halogens is 1. The Morgan fingerprint density at radius 1 is 1.80 bits per heavy atom. The molecule has 0 aliphatic carbocycles. The van der Waals surface area contributed by atoms with E-state index >= 15 is 0 Å². The molecule has 0 bridgehead atoms. The first-order valence-electron chi connectivity index (χ1n) is 2.64. The summed E-state index contributed by atoms with van der Waals surface area (Å²) in [6.45, 7) is 0.480. The monoisotopic (exact) mass is 178 g/mol. The van der Waals surface area contributed by atoms with E-state index in [1.165, 1.54) is 11.5 Å². The molecule has 1 rings (SSSR count). The summed E-state index contributed by atoms with van der Waals surface area (Å²) in [5, 5.41) is 0.520. The summed E-state index contributed by atoms with van der Waals surface area (Å²) >= 11 is 7.00. The molecule has 10 heavy (non-hydrogen) atoms. The summed E-state index contributed by atoms with van der Waals surface area (Å²) in [7, 11) is 1.60. The third kappa shape index (κ3) is 1.39. The first kappa shape index (κ1) is 7.78. The topological polar surface area (TPSA) is 48.1 Å². The summed E-state index contributed by atoms with van der Waals surface area (Å²) < 4.78 is 8.69. The van der Waals surface area contributed by atoms with Crippen molar-refractivity contribution >= 4 is 29.0 Å². The molecule has 0 aliphatic rings. The summed E-state index contributed by atoms with van der Waals surface area (Å²) in [5.41, 5.74) is 5.38. The molecular formula is C5H7ClN2OS. The minimum atomic E-state index is 0.388. The Hall–Kier alpha value is -0.320. The number of nitrogen functional groups attached to an aromatic ring is 1. The second-order valence-electron chi connectivity index (χ2n) is 1.74. The molecule has 0 saturated heterocycles. The van der Waals surface area contributed by atoms with Crippen LogP contribution in [-0.2, 0) is 11.3 Å². The fourth-order valence-corrected chi connectivity index (χ4v) is 1.45. The van der Waals surface area contributed by atoms with Crippen LogP contribution in [0, 0.1) is 0 Å². The number of ether oxygens (including phenoxy) is 1. The number of methoxy groups -OCH3 is 1. The molecule has 0 atom stereocenters. The zero-order valence-corrected chi connectivity index (χ0v) is 7.00. The highest BCUT2D eigenvalue weighted by Gasteiger charge is 2.06. The van der Waals surface area contributed by atoms with Gasteiger partial charge in [0.15, 0.2) is 5.82 Å². The summed E-state index contributed by atoms with van der Waals surface area (Å²) in [4.78, 5) is 0.877. The standard InChI is InChI=1S/C5H7ClN2OS/c1-9-2-3-4(6)5(7)8-10-3/h2H2,1H3,(H2,7,8). The van der Waals surface area contributed by atoms with E-state index < -0.39 is 0 Å². The molecule has 0 fully saturated rings. The molecule has 1 aromatic heterocycles. The Labute approximate surface area is 67.9 Å². The first-order valence-corrected chi connectivity index (χ1v) is 3.79. The average molecular weight is 179 g/mol. The SMILES string of the molecule is COCc1snc(N)c1Cl. The van der Waals surface area contributed by atoms with Gasteiger partial charge in [-0.15, -0.1) is 0 Å². The van der Waals surface area contributed by atoms with E-state index in [9.17, 15) is 0 Å². The highest BCUT2D eigenvalue weighted by molar-refractivity contribution is 7.06. The summed E-state index contributed by atoms with van der Waals surface area (Å²) in [6, 6.07) is 0. The van der Waals surface area contributed by atoms with E-state index in [1.54, 1.807) is 7.11 Å². The molecule has 3 nitrogen and oxygen atoms in total. The van der Waals surface area contributed by atoms with Crippen molar-refractivity contribution in [3.05, 3.63) is 9.90 Å². The van der Waals surface area contributed by atoms with Crippen LogP contribution in [0.5, 0.6) is 0 Å². The molecule has 1 aromatic rings. The van der Waals surface area contributed by atoms with Crippen molar-refractivity contribution in [2.45, 2.75) is 6.61 Å². The van der Waals surface area contributed by atoms with Crippen molar-refractivity contribution in [2.75, 3.05) is 12.8 Å². The maximum absolute atomic E-state index is 5.73. The quantitative estimate of drug-likeness (QED) is 0.747. The average Bonchev–Trinajstić information content (AvgIpc) is 2.20. The van der Waals surface area contributed by atoms with E-state index in [0.717, 1.165) is 4.88 Å². The second-order valence-corrected chi connectivity index (χ2v) is 2.97. The second kappa shape index (κ2) is 3.18. The lowest BCUT2D eigenvalue weighted by Crippen LogP contribution is -1.86. The molecule has 0 aliphatic heterocycles. The molecule has 0 radical (unpaired) electrons. The minimum Gasteiger partial charge on any atom is -0.382 e. The van der Waals surface area contributed by atoms with Gasteiger partial charge in [0.05, 0.1) is 11.5 Å². The largest absolute Gasteiger partial charge is 0.382 e. The number of hydrogen-bond donors (Lipinski definition) is 1. The van der Waals surface area contributed by atoms with Gasteiger partial charge < -0.3 is 10.5 Å². The molecule has 2 N–H and O–H groups in total. The van der Waals surface area contributed by atoms with Gasteiger partial charge in [-0.1, -0.05) is 11.6 Å². The summed E-state index contributed by atoms with van der Waals surface area (Å²) in [5.74, 6) is 0.388. The van der Waals surface area contributed by atoms with Gasteiger partial charge in [0.25, 0.3) is 0 Å². The first-order chi connectivity index (χ1) is 4.75. The maximum atomic E-state index is 5.73. The van der Waals surface area contributed by atoms with Crippen molar-refractivity contribution < 1.29 is 4.74 Å². The smallest absolute Gasteiger partial charge is 0.156 e. The predicted molar refractivity (Wildman–Crippen MR) is 42.2 cm³/mol. The van der Waals surface area contributed by atoms with Crippen LogP contribution in [0.3, 0.4) is 0 Å². The lowest BCUT2D eigenvalue weighted by atomic mass is 10.5. The van der Waals surface area contributed by atoms with E-state index in [1.807, 2.05) is 0 Å². The number of nitrogens with two attached hydrogens (primary N) is 1. The van der Waals surface area contributed by atoms with Gasteiger partial charge >= 0.3 is 0 Å². The third-order valence-electron chi connectivity index (χ3n) is 0.999.